The van der Waals surface area contributed by atoms with Crippen molar-refractivity contribution < 1.29 is 0 Å². The third-order valence-corrected chi connectivity index (χ3v) is 5.78. The van der Waals surface area contributed by atoms with Gasteiger partial charge in [0.05, 0.1) is 10.9 Å². The molecule has 0 bridgehead atoms. The summed E-state index contributed by atoms with van der Waals surface area (Å²) in [4.78, 5) is 2.69. The van der Waals surface area contributed by atoms with Gasteiger partial charge >= 0.3 is 0 Å². The standard InChI is InChI=1S/C16H17Cl2S/c1-2-3-12-19(15-8-4-13(17)5-9-15)16-10-6-14(18)7-11-16/h4-11H,2-3,12H2,1H3/q+1. The van der Waals surface area contributed by atoms with Gasteiger partial charge in [-0.25, -0.2) is 0 Å². The van der Waals surface area contributed by atoms with Gasteiger partial charge in [-0.05, 0) is 55.0 Å². The molecule has 0 nitrogen and oxygen atoms in total. The monoisotopic (exact) mass is 311 g/mol. The molecule has 0 aliphatic rings. The highest BCUT2D eigenvalue weighted by Crippen LogP contribution is 2.27. The van der Waals surface area contributed by atoms with Gasteiger partial charge in [-0.15, -0.1) is 0 Å². The lowest BCUT2D eigenvalue weighted by atomic mass is 10.4. The Bertz CT molecular complexity index is 460. The molecular formula is C16H17Cl2S+. The molecule has 0 amide bonds. The fourth-order valence-corrected chi connectivity index (χ4v) is 4.36. The van der Waals surface area contributed by atoms with Gasteiger partial charge in [0.1, 0.15) is 5.75 Å². The quantitative estimate of drug-likeness (QED) is 0.609. The minimum atomic E-state index is 0.115. The zero-order chi connectivity index (χ0) is 13.7. The molecule has 2 aromatic carbocycles. The highest BCUT2D eigenvalue weighted by molar-refractivity contribution is 7.97. The summed E-state index contributed by atoms with van der Waals surface area (Å²) < 4.78 is 0. The fourth-order valence-electron chi connectivity index (χ4n) is 1.86. The van der Waals surface area contributed by atoms with Gasteiger partial charge in [0.2, 0.25) is 0 Å². The average molecular weight is 312 g/mol. The minimum Gasteiger partial charge on any atom is -0.0843 e. The molecule has 0 radical (unpaired) electrons. The third-order valence-electron chi connectivity index (χ3n) is 2.90. The Labute approximate surface area is 128 Å². The maximum atomic E-state index is 5.97. The molecular weight excluding hydrogens is 295 g/mol. The van der Waals surface area contributed by atoms with E-state index in [1.807, 2.05) is 24.3 Å². The first-order valence-corrected chi connectivity index (χ1v) is 8.57. The van der Waals surface area contributed by atoms with Crippen molar-refractivity contribution in [3.05, 3.63) is 58.6 Å². The van der Waals surface area contributed by atoms with Gasteiger partial charge in [-0.1, -0.05) is 36.5 Å². The molecule has 0 saturated carbocycles. The van der Waals surface area contributed by atoms with Crippen LogP contribution >= 0.6 is 23.2 Å². The number of unbranched alkanes of at least 4 members (excludes halogenated alkanes) is 1. The lowest BCUT2D eigenvalue weighted by molar-refractivity contribution is 0.891. The van der Waals surface area contributed by atoms with Crippen molar-refractivity contribution in [1.29, 1.82) is 0 Å². The average Bonchev–Trinajstić information content (AvgIpc) is 2.43. The summed E-state index contributed by atoms with van der Waals surface area (Å²) in [5.41, 5.74) is 0. The summed E-state index contributed by atoms with van der Waals surface area (Å²) in [6.45, 7) is 2.23. The van der Waals surface area contributed by atoms with Gasteiger partial charge in [0, 0.05) is 10.0 Å². The van der Waals surface area contributed by atoms with Crippen LogP contribution in [0.25, 0.3) is 0 Å². The predicted molar refractivity (Wildman–Crippen MR) is 86.6 cm³/mol. The van der Waals surface area contributed by atoms with Crippen LogP contribution in [0.15, 0.2) is 58.3 Å². The van der Waals surface area contributed by atoms with Crippen LogP contribution in [0.3, 0.4) is 0 Å². The van der Waals surface area contributed by atoms with Gasteiger partial charge in [0.25, 0.3) is 0 Å². The summed E-state index contributed by atoms with van der Waals surface area (Å²) in [6, 6.07) is 16.4. The van der Waals surface area contributed by atoms with Crippen molar-refractivity contribution >= 4 is 34.1 Å². The van der Waals surface area contributed by atoms with Crippen LogP contribution in [0.1, 0.15) is 19.8 Å². The van der Waals surface area contributed by atoms with Crippen molar-refractivity contribution in [2.45, 2.75) is 29.6 Å². The first kappa shape index (κ1) is 14.8. The van der Waals surface area contributed by atoms with Crippen molar-refractivity contribution in [1.82, 2.24) is 0 Å². The maximum Gasteiger partial charge on any atom is 0.160 e. The molecule has 0 spiro atoms. The molecule has 0 saturated heterocycles. The zero-order valence-corrected chi connectivity index (χ0v) is 13.2. The number of halogens is 2. The molecule has 2 rings (SSSR count). The largest absolute Gasteiger partial charge is 0.160 e. The zero-order valence-electron chi connectivity index (χ0n) is 10.9. The molecule has 0 atom stereocenters. The molecule has 0 aliphatic heterocycles. The van der Waals surface area contributed by atoms with E-state index in [4.69, 9.17) is 23.2 Å². The smallest absolute Gasteiger partial charge is 0.0843 e. The van der Waals surface area contributed by atoms with Crippen molar-refractivity contribution in [2.24, 2.45) is 0 Å². The second kappa shape index (κ2) is 7.23. The number of benzene rings is 2. The molecule has 2 aromatic rings. The SMILES string of the molecule is CCCC[S+](c1ccc(Cl)cc1)c1ccc(Cl)cc1. The summed E-state index contributed by atoms with van der Waals surface area (Å²) in [6.07, 6.45) is 2.44. The Morgan fingerprint density at radius 1 is 0.789 bits per heavy atom. The van der Waals surface area contributed by atoms with Gasteiger partial charge < -0.3 is 0 Å². The highest BCUT2D eigenvalue weighted by atomic mass is 35.5. The van der Waals surface area contributed by atoms with Crippen molar-refractivity contribution in [3.8, 4) is 0 Å². The first-order chi connectivity index (χ1) is 9.20. The van der Waals surface area contributed by atoms with Gasteiger partial charge in [0.15, 0.2) is 9.79 Å². The summed E-state index contributed by atoms with van der Waals surface area (Å²) in [5.74, 6) is 1.18. The van der Waals surface area contributed by atoms with E-state index in [9.17, 15) is 0 Å². The lowest BCUT2D eigenvalue weighted by Gasteiger charge is -2.08. The topological polar surface area (TPSA) is 0 Å². The molecule has 0 N–H and O–H groups in total. The van der Waals surface area contributed by atoms with E-state index in [0.29, 0.717) is 0 Å². The fraction of sp³-hybridized carbons (Fsp3) is 0.250. The minimum absolute atomic E-state index is 0.115. The predicted octanol–water partition coefficient (Wildman–Crippen LogP) is 5.83. The molecule has 0 unspecified atom stereocenters. The van der Waals surface area contributed by atoms with E-state index >= 15 is 0 Å². The maximum absolute atomic E-state index is 5.97. The molecule has 100 valence electrons. The van der Waals surface area contributed by atoms with E-state index < -0.39 is 0 Å². The van der Waals surface area contributed by atoms with Crippen LogP contribution in [-0.4, -0.2) is 5.75 Å². The Morgan fingerprint density at radius 3 is 1.58 bits per heavy atom. The second-order valence-electron chi connectivity index (χ2n) is 4.36. The Morgan fingerprint density at radius 2 is 1.21 bits per heavy atom. The summed E-state index contributed by atoms with van der Waals surface area (Å²) >= 11 is 11.9. The van der Waals surface area contributed by atoms with Crippen LogP contribution < -0.4 is 0 Å². The highest BCUT2D eigenvalue weighted by Gasteiger charge is 2.24. The Balaban J connectivity index is 2.29. The van der Waals surface area contributed by atoms with E-state index in [0.717, 1.165) is 10.0 Å². The molecule has 0 fully saturated rings. The number of rotatable bonds is 5. The van der Waals surface area contributed by atoms with Crippen LogP contribution in [-0.2, 0) is 10.9 Å². The van der Waals surface area contributed by atoms with E-state index in [1.165, 1.54) is 28.4 Å². The lowest BCUT2D eigenvalue weighted by Crippen LogP contribution is -2.08. The van der Waals surface area contributed by atoms with Crippen LogP contribution in [0, 0.1) is 0 Å². The van der Waals surface area contributed by atoms with Crippen LogP contribution in [0.4, 0.5) is 0 Å². The Kier molecular flexibility index (Phi) is 5.62. The van der Waals surface area contributed by atoms with Crippen LogP contribution in [0.2, 0.25) is 10.0 Å². The summed E-state index contributed by atoms with van der Waals surface area (Å²) in [7, 11) is 0.115. The van der Waals surface area contributed by atoms with E-state index in [2.05, 4.69) is 31.2 Å². The first-order valence-electron chi connectivity index (χ1n) is 6.42. The van der Waals surface area contributed by atoms with Gasteiger partial charge in [-0.3, -0.25) is 0 Å². The van der Waals surface area contributed by atoms with E-state index in [-0.39, 0.29) is 10.9 Å². The number of hydrogen-bond donors (Lipinski definition) is 0. The molecule has 0 aliphatic carbocycles. The van der Waals surface area contributed by atoms with Crippen molar-refractivity contribution in [2.75, 3.05) is 5.75 Å². The van der Waals surface area contributed by atoms with Crippen LogP contribution in [0.5, 0.6) is 0 Å². The van der Waals surface area contributed by atoms with Crippen molar-refractivity contribution in [3.63, 3.8) is 0 Å². The van der Waals surface area contributed by atoms with Gasteiger partial charge in [-0.2, -0.15) is 0 Å². The normalized spacial score (nSPS) is 10.9. The Hall–Kier alpha value is -0.630. The van der Waals surface area contributed by atoms with E-state index in [1.54, 1.807) is 0 Å². The molecule has 3 heteroatoms. The third kappa shape index (κ3) is 4.17. The second-order valence-corrected chi connectivity index (χ2v) is 7.36. The molecule has 19 heavy (non-hydrogen) atoms. The summed E-state index contributed by atoms with van der Waals surface area (Å²) in [5, 5.41) is 1.58. The molecule has 0 heterocycles. The molecule has 0 aromatic heterocycles. The number of hydrogen-bond acceptors (Lipinski definition) is 0.